The fraction of sp³-hybridized carbons (Fsp3) is 0.526. The summed E-state index contributed by atoms with van der Waals surface area (Å²) in [5.74, 6) is 0.168. The van der Waals surface area contributed by atoms with Gasteiger partial charge in [-0.2, -0.15) is 4.98 Å². The van der Waals surface area contributed by atoms with Crippen molar-refractivity contribution in [2.45, 2.75) is 51.8 Å². The number of piperazine rings is 1. The van der Waals surface area contributed by atoms with E-state index in [1.54, 1.807) is 4.90 Å². The third kappa shape index (κ3) is 3.30. The van der Waals surface area contributed by atoms with Crippen LogP contribution in [0.25, 0.3) is 10.9 Å². The van der Waals surface area contributed by atoms with Crippen LogP contribution in [0.2, 0.25) is 5.28 Å². The summed E-state index contributed by atoms with van der Waals surface area (Å²) in [5.41, 5.74) is 0.424. The summed E-state index contributed by atoms with van der Waals surface area (Å²) in [4.78, 5) is 24.9. The molecular formula is C19H21BrClFN4O2. The summed E-state index contributed by atoms with van der Waals surface area (Å²) in [6.07, 6.45) is 0.524. The highest BCUT2D eigenvalue weighted by Crippen LogP contribution is 2.39. The number of aromatic nitrogens is 2. The molecule has 4 rings (SSSR count). The number of amides is 1. The van der Waals surface area contributed by atoms with E-state index in [1.165, 1.54) is 0 Å². The molecule has 1 amide bonds. The first-order chi connectivity index (χ1) is 13.0. The molecule has 1 aromatic carbocycles. The largest absolute Gasteiger partial charge is 0.444 e. The van der Waals surface area contributed by atoms with E-state index < -0.39 is 11.4 Å². The SMILES string of the molecule is Cc1cc2c(N3CC4CC3CN4C(=O)OC(C)(C)C)nc(Cl)nc2c(F)c1Br. The Labute approximate surface area is 176 Å². The van der Waals surface area contributed by atoms with Gasteiger partial charge in [0.15, 0.2) is 5.82 Å². The highest BCUT2D eigenvalue weighted by Gasteiger charge is 2.47. The fourth-order valence-corrected chi connectivity index (χ4v) is 4.44. The monoisotopic (exact) mass is 470 g/mol. The van der Waals surface area contributed by atoms with Crippen LogP contribution in [0.3, 0.4) is 0 Å². The zero-order valence-corrected chi connectivity index (χ0v) is 18.4. The Hall–Kier alpha value is -1.67. The van der Waals surface area contributed by atoms with Crippen molar-refractivity contribution in [3.63, 3.8) is 0 Å². The lowest BCUT2D eigenvalue weighted by Crippen LogP contribution is -2.50. The number of ether oxygens (including phenoxy) is 1. The molecule has 2 aliphatic heterocycles. The third-order valence-electron chi connectivity index (χ3n) is 5.15. The fourth-order valence-electron chi connectivity index (χ4n) is 3.98. The first-order valence-corrected chi connectivity index (χ1v) is 10.3. The quantitative estimate of drug-likeness (QED) is 0.565. The first kappa shape index (κ1) is 19.6. The van der Waals surface area contributed by atoms with Crippen molar-refractivity contribution in [2.24, 2.45) is 0 Å². The van der Waals surface area contributed by atoms with Gasteiger partial charge in [-0.25, -0.2) is 14.2 Å². The number of likely N-dealkylation sites (tertiary alicyclic amines) is 1. The van der Waals surface area contributed by atoms with E-state index >= 15 is 0 Å². The van der Waals surface area contributed by atoms with Crippen molar-refractivity contribution in [3.8, 4) is 0 Å². The Morgan fingerprint density at radius 1 is 1.32 bits per heavy atom. The number of fused-ring (bicyclic) bond motifs is 3. The highest BCUT2D eigenvalue weighted by atomic mass is 79.9. The lowest BCUT2D eigenvalue weighted by Gasteiger charge is -2.36. The number of benzene rings is 1. The average Bonchev–Trinajstić information content (AvgIpc) is 3.19. The molecule has 3 heterocycles. The highest BCUT2D eigenvalue weighted by molar-refractivity contribution is 9.10. The molecule has 0 saturated carbocycles. The van der Waals surface area contributed by atoms with Crippen LogP contribution >= 0.6 is 27.5 Å². The van der Waals surface area contributed by atoms with Gasteiger partial charge in [0.1, 0.15) is 16.9 Å². The predicted molar refractivity (Wildman–Crippen MR) is 109 cm³/mol. The molecule has 9 heteroatoms. The van der Waals surface area contributed by atoms with Gasteiger partial charge in [0, 0.05) is 18.5 Å². The van der Waals surface area contributed by atoms with Crippen LogP contribution in [-0.4, -0.2) is 51.7 Å². The molecule has 2 unspecified atom stereocenters. The summed E-state index contributed by atoms with van der Waals surface area (Å²) < 4.78 is 20.6. The van der Waals surface area contributed by atoms with Crippen molar-refractivity contribution in [2.75, 3.05) is 18.0 Å². The molecule has 2 aliphatic rings. The molecule has 28 heavy (non-hydrogen) atoms. The maximum atomic E-state index is 14.7. The molecule has 0 aliphatic carbocycles. The lowest BCUT2D eigenvalue weighted by molar-refractivity contribution is 0.0214. The van der Waals surface area contributed by atoms with Gasteiger partial charge >= 0.3 is 6.09 Å². The number of anilines is 1. The molecule has 2 aromatic rings. The maximum Gasteiger partial charge on any atom is 0.410 e. The Bertz CT molecular complexity index is 981. The van der Waals surface area contributed by atoms with Gasteiger partial charge < -0.3 is 14.5 Å². The topological polar surface area (TPSA) is 58.6 Å². The minimum atomic E-state index is -0.530. The molecule has 0 radical (unpaired) electrons. The van der Waals surface area contributed by atoms with E-state index in [0.717, 1.165) is 12.0 Å². The van der Waals surface area contributed by atoms with Crippen LogP contribution in [-0.2, 0) is 4.74 Å². The number of nitrogens with zero attached hydrogens (tertiary/aromatic N) is 4. The molecule has 2 bridgehead atoms. The van der Waals surface area contributed by atoms with Crippen LogP contribution in [0.5, 0.6) is 0 Å². The molecule has 6 nitrogen and oxygen atoms in total. The van der Waals surface area contributed by atoms with E-state index in [4.69, 9.17) is 16.3 Å². The summed E-state index contributed by atoms with van der Waals surface area (Å²) in [6, 6.07) is 1.98. The number of hydrogen-bond acceptors (Lipinski definition) is 5. The summed E-state index contributed by atoms with van der Waals surface area (Å²) >= 11 is 9.37. The summed E-state index contributed by atoms with van der Waals surface area (Å²) in [6.45, 7) is 8.54. The number of hydrogen-bond donors (Lipinski definition) is 0. The van der Waals surface area contributed by atoms with Crippen molar-refractivity contribution >= 4 is 50.3 Å². The van der Waals surface area contributed by atoms with E-state index in [0.29, 0.717) is 28.8 Å². The number of carbonyl (C=O) groups is 1. The van der Waals surface area contributed by atoms with Crippen LogP contribution in [0, 0.1) is 12.7 Å². The van der Waals surface area contributed by atoms with E-state index in [-0.39, 0.29) is 29.0 Å². The molecule has 2 atom stereocenters. The van der Waals surface area contributed by atoms with Crippen molar-refractivity contribution in [1.29, 1.82) is 0 Å². The average molecular weight is 472 g/mol. The van der Waals surface area contributed by atoms with Gasteiger partial charge in [0.25, 0.3) is 0 Å². The van der Waals surface area contributed by atoms with Crippen LogP contribution in [0.15, 0.2) is 10.5 Å². The molecule has 0 spiro atoms. The Morgan fingerprint density at radius 3 is 2.64 bits per heavy atom. The minimum absolute atomic E-state index is 0.00363. The molecule has 2 fully saturated rings. The van der Waals surface area contributed by atoms with Crippen molar-refractivity contribution in [3.05, 3.63) is 27.2 Å². The second-order valence-electron chi connectivity index (χ2n) is 8.36. The van der Waals surface area contributed by atoms with Gasteiger partial charge in [0.2, 0.25) is 5.28 Å². The summed E-state index contributed by atoms with van der Waals surface area (Å²) in [7, 11) is 0. The predicted octanol–water partition coefficient (Wildman–Crippen LogP) is 4.69. The second kappa shape index (κ2) is 6.69. The Kier molecular flexibility index (Phi) is 4.69. The van der Waals surface area contributed by atoms with Crippen LogP contribution in [0.1, 0.15) is 32.8 Å². The van der Waals surface area contributed by atoms with Crippen LogP contribution in [0.4, 0.5) is 15.0 Å². The van der Waals surface area contributed by atoms with Crippen molar-refractivity contribution < 1.29 is 13.9 Å². The Morgan fingerprint density at radius 2 is 2.04 bits per heavy atom. The van der Waals surface area contributed by atoms with Crippen LogP contribution < -0.4 is 4.90 Å². The van der Waals surface area contributed by atoms with E-state index in [1.807, 2.05) is 33.8 Å². The van der Waals surface area contributed by atoms with E-state index in [2.05, 4.69) is 30.8 Å². The third-order valence-corrected chi connectivity index (χ3v) is 6.29. The molecule has 2 saturated heterocycles. The molecule has 150 valence electrons. The molecule has 0 N–H and O–H groups in total. The van der Waals surface area contributed by atoms with Gasteiger partial charge in [-0.1, -0.05) is 0 Å². The lowest BCUT2D eigenvalue weighted by atomic mass is 10.1. The smallest absolute Gasteiger partial charge is 0.410 e. The number of halogens is 3. The number of aryl methyl sites for hydroxylation is 1. The maximum absolute atomic E-state index is 14.7. The number of rotatable bonds is 1. The molecule has 1 aromatic heterocycles. The zero-order valence-electron chi connectivity index (χ0n) is 16.1. The second-order valence-corrected chi connectivity index (χ2v) is 9.49. The zero-order chi connectivity index (χ0) is 20.4. The normalized spacial score (nSPS) is 21.7. The standard InChI is InChI=1S/C19H21BrClFN4O2/c1-9-5-12-15(14(22)13(9)20)23-17(21)24-16(12)25-7-11-6-10(25)8-26(11)18(27)28-19(2,3)4/h5,10-11H,6-8H2,1-4H3. The first-order valence-electron chi connectivity index (χ1n) is 9.13. The summed E-state index contributed by atoms with van der Waals surface area (Å²) in [5, 5.41) is 0.628. The number of carbonyl (C=O) groups excluding carboxylic acids is 1. The minimum Gasteiger partial charge on any atom is -0.444 e. The van der Waals surface area contributed by atoms with Gasteiger partial charge in [0.05, 0.1) is 16.6 Å². The van der Waals surface area contributed by atoms with E-state index in [9.17, 15) is 9.18 Å². The molecular weight excluding hydrogens is 451 g/mol. The van der Waals surface area contributed by atoms with Gasteiger partial charge in [-0.05, 0) is 73.3 Å². The van der Waals surface area contributed by atoms with Gasteiger partial charge in [-0.3, -0.25) is 0 Å². The Balaban J connectivity index is 1.66. The van der Waals surface area contributed by atoms with Crippen molar-refractivity contribution in [1.82, 2.24) is 14.9 Å². The van der Waals surface area contributed by atoms with Gasteiger partial charge in [-0.15, -0.1) is 0 Å².